The van der Waals surface area contributed by atoms with Crippen molar-refractivity contribution in [2.24, 2.45) is 0 Å². The van der Waals surface area contributed by atoms with E-state index in [4.69, 9.17) is 0 Å². The van der Waals surface area contributed by atoms with Crippen molar-refractivity contribution in [2.45, 2.75) is 32.2 Å². The highest BCUT2D eigenvalue weighted by Crippen LogP contribution is 2.22. The molecule has 1 atom stereocenters. The van der Waals surface area contributed by atoms with Crippen LogP contribution in [0.3, 0.4) is 0 Å². The number of pyridine rings is 1. The molecule has 0 aliphatic carbocycles. The number of halogens is 1. The molecule has 0 radical (unpaired) electrons. The number of aromatic nitrogens is 3. The maximum Gasteiger partial charge on any atom is 0.175 e. The zero-order valence-electron chi connectivity index (χ0n) is 10.5. The zero-order valence-corrected chi connectivity index (χ0v) is 12.1. The molecular weight excluding hydrogens is 292 g/mol. The summed E-state index contributed by atoms with van der Waals surface area (Å²) in [4.78, 5) is 2.54. The summed E-state index contributed by atoms with van der Waals surface area (Å²) in [5, 5.41) is 8.60. The zero-order chi connectivity index (χ0) is 12.5. The van der Waals surface area contributed by atoms with E-state index in [1.165, 1.54) is 19.4 Å². The van der Waals surface area contributed by atoms with Gasteiger partial charge in [-0.2, -0.15) is 0 Å². The summed E-state index contributed by atoms with van der Waals surface area (Å²) in [6, 6.07) is 4.65. The largest absolute Gasteiger partial charge is 0.300 e. The average molecular weight is 309 g/mol. The number of hydrogen-bond donors (Lipinski definition) is 0. The molecule has 96 valence electrons. The Hall–Kier alpha value is -0.940. The van der Waals surface area contributed by atoms with Gasteiger partial charge < -0.3 is 4.90 Å². The Morgan fingerprint density at radius 1 is 1.44 bits per heavy atom. The monoisotopic (exact) mass is 308 g/mol. The molecule has 1 fully saturated rings. The normalized spacial score (nSPS) is 20.9. The van der Waals surface area contributed by atoms with Crippen LogP contribution in [0.15, 0.2) is 22.8 Å². The minimum absolute atomic E-state index is 0.626. The molecule has 18 heavy (non-hydrogen) atoms. The molecule has 4 nitrogen and oxygen atoms in total. The van der Waals surface area contributed by atoms with E-state index >= 15 is 0 Å². The molecule has 0 bridgehead atoms. The van der Waals surface area contributed by atoms with Crippen LogP contribution < -0.4 is 0 Å². The van der Waals surface area contributed by atoms with Crippen LogP contribution in [0.25, 0.3) is 5.65 Å². The van der Waals surface area contributed by atoms with E-state index in [-0.39, 0.29) is 0 Å². The summed E-state index contributed by atoms with van der Waals surface area (Å²) in [5.74, 6) is 1.07. The first-order valence-corrected chi connectivity index (χ1v) is 7.31. The van der Waals surface area contributed by atoms with E-state index in [2.05, 4.69) is 42.4 Å². The molecule has 0 aromatic carbocycles. The molecule has 3 heterocycles. The number of likely N-dealkylation sites (N-methyl/N-ethyl adjacent to an activating group) is 1. The highest BCUT2D eigenvalue weighted by atomic mass is 79.9. The lowest BCUT2D eigenvalue weighted by molar-refractivity contribution is 0.263. The maximum atomic E-state index is 4.34. The predicted molar refractivity (Wildman–Crippen MR) is 74.7 cm³/mol. The standard InChI is InChI=1S/C13H17BrN4/c1-2-17-7-3-5-10(17)9-12-15-16-13-11(14)6-4-8-18(12)13/h4,6,8,10H,2-3,5,7,9H2,1H3. The fourth-order valence-corrected chi connectivity index (χ4v) is 3.25. The van der Waals surface area contributed by atoms with Gasteiger partial charge in [0, 0.05) is 18.7 Å². The minimum Gasteiger partial charge on any atom is -0.300 e. The molecule has 0 amide bonds. The number of likely N-dealkylation sites (tertiary alicyclic amines) is 1. The van der Waals surface area contributed by atoms with Crippen LogP contribution in [0.5, 0.6) is 0 Å². The molecule has 1 aliphatic heterocycles. The van der Waals surface area contributed by atoms with E-state index < -0.39 is 0 Å². The Balaban J connectivity index is 1.89. The summed E-state index contributed by atoms with van der Waals surface area (Å²) in [6.07, 6.45) is 5.61. The van der Waals surface area contributed by atoms with Crippen molar-refractivity contribution in [1.29, 1.82) is 0 Å². The molecule has 0 saturated carbocycles. The van der Waals surface area contributed by atoms with Gasteiger partial charge >= 0.3 is 0 Å². The lowest BCUT2D eigenvalue weighted by atomic mass is 10.1. The highest BCUT2D eigenvalue weighted by Gasteiger charge is 2.24. The van der Waals surface area contributed by atoms with Gasteiger partial charge in [-0.25, -0.2) is 0 Å². The van der Waals surface area contributed by atoms with Gasteiger partial charge in [0.2, 0.25) is 0 Å². The van der Waals surface area contributed by atoms with Crippen LogP contribution in [-0.2, 0) is 6.42 Å². The Morgan fingerprint density at radius 3 is 3.17 bits per heavy atom. The first-order chi connectivity index (χ1) is 8.79. The fraction of sp³-hybridized carbons (Fsp3) is 0.538. The molecule has 0 spiro atoms. The second-order valence-corrected chi connectivity index (χ2v) is 5.65. The lowest BCUT2D eigenvalue weighted by Crippen LogP contribution is -2.31. The Bertz CT molecular complexity index is 551. The van der Waals surface area contributed by atoms with Crippen molar-refractivity contribution < 1.29 is 0 Å². The second kappa shape index (κ2) is 4.97. The van der Waals surface area contributed by atoms with Gasteiger partial charge in [-0.15, -0.1) is 10.2 Å². The van der Waals surface area contributed by atoms with Crippen molar-refractivity contribution in [1.82, 2.24) is 19.5 Å². The fourth-order valence-electron chi connectivity index (χ4n) is 2.82. The topological polar surface area (TPSA) is 33.4 Å². The third-order valence-electron chi connectivity index (χ3n) is 3.78. The van der Waals surface area contributed by atoms with Crippen LogP contribution in [0.2, 0.25) is 0 Å². The first-order valence-electron chi connectivity index (χ1n) is 6.51. The van der Waals surface area contributed by atoms with E-state index in [0.29, 0.717) is 6.04 Å². The van der Waals surface area contributed by atoms with Crippen LogP contribution in [-0.4, -0.2) is 38.6 Å². The van der Waals surface area contributed by atoms with Gasteiger partial charge in [-0.1, -0.05) is 6.92 Å². The van der Waals surface area contributed by atoms with Crippen molar-refractivity contribution in [3.63, 3.8) is 0 Å². The summed E-state index contributed by atoms with van der Waals surface area (Å²) in [6.45, 7) is 4.59. The van der Waals surface area contributed by atoms with Gasteiger partial charge in [-0.3, -0.25) is 4.40 Å². The molecule has 0 N–H and O–H groups in total. The molecule has 2 aromatic rings. The van der Waals surface area contributed by atoms with Gasteiger partial charge in [0.1, 0.15) is 5.82 Å². The molecule has 1 aliphatic rings. The van der Waals surface area contributed by atoms with Gasteiger partial charge in [-0.05, 0) is 54.0 Å². The van der Waals surface area contributed by atoms with Crippen molar-refractivity contribution in [3.05, 3.63) is 28.6 Å². The van der Waals surface area contributed by atoms with E-state index in [1.54, 1.807) is 0 Å². The number of fused-ring (bicyclic) bond motifs is 1. The molecule has 1 unspecified atom stereocenters. The van der Waals surface area contributed by atoms with E-state index in [1.807, 2.05) is 18.3 Å². The van der Waals surface area contributed by atoms with E-state index in [9.17, 15) is 0 Å². The van der Waals surface area contributed by atoms with Crippen molar-refractivity contribution in [2.75, 3.05) is 13.1 Å². The van der Waals surface area contributed by atoms with Gasteiger partial charge in [0.15, 0.2) is 5.65 Å². The van der Waals surface area contributed by atoms with Gasteiger partial charge in [0.05, 0.1) is 4.47 Å². The Kier molecular flexibility index (Phi) is 3.35. The Morgan fingerprint density at radius 2 is 2.33 bits per heavy atom. The first kappa shape index (κ1) is 12.1. The third-order valence-corrected chi connectivity index (χ3v) is 4.40. The number of nitrogens with zero attached hydrogens (tertiary/aromatic N) is 4. The predicted octanol–water partition coefficient (Wildman–Crippen LogP) is 2.52. The highest BCUT2D eigenvalue weighted by molar-refractivity contribution is 9.10. The van der Waals surface area contributed by atoms with Gasteiger partial charge in [0.25, 0.3) is 0 Å². The molecule has 2 aromatic heterocycles. The van der Waals surface area contributed by atoms with Crippen LogP contribution in [0.4, 0.5) is 0 Å². The van der Waals surface area contributed by atoms with Crippen LogP contribution in [0, 0.1) is 0 Å². The average Bonchev–Trinajstić information content (AvgIpc) is 2.98. The smallest absolute Gasteiger partial charge is 0.175 e. The van der Waals surface area contributed by atoms with Crippen LogP contribution in [0.1, 0.15) is 25.6 Å². The maximum absolute atomic E-state index is 4.34. The number of rotatable bonds is 3. The Labute approximate surface area is 115 Å². The summed E-state index contributed by atoms with van der Waals surface area (Å²) >= 11 is 3.51. The lowest BCUT2D eigenvalue weighted by Gasteiger charge is -2.21. The molecule has 1 saturated heterocycles. The SMILES string of the molecule is CCN1CCCC1Cc1nnc2c(Br)cccn12. The number of hydrogen-bond acceptors (Lipinski definition) is 3. The molecule has 5 heteroatoms. The minimum atomic E-state index is 0.626. The van der Waals surface area contributed by atoms with Crippen molar-refractivity contribution in [3.8, 4) is 0 Å². The molecular formula is C13H17BrN4. The van der Waals surface area contributed by atoms with E-state index in [0.717, 1.165) is 28.9 Å². The van der Waals surface area contributed by atoms with Crippen molar-refractivity contribution >= 4 is 21.6 Å². The molecule has 3 rings (SSSR count). The summed E-state index contributed by atoms with van der Waals surface area (Å²) in [5.41, 5.74) is 0.911. The quantitative estimate of drug-likeness (QED) is 0.873. The summed E-state index contributed by atoms with van der Waals surface area (Å²) < 4.78 is 3.10. The summed E-state index contributed by atoms with van der Waals surface area (Å²) in [7, 11) is 0. The third kappa shape index (κ3) is 2.06. The second-order valence-electron chi connectivity index (χ2n) is 4.79. The van der Waals surface area contributed by atoms with Crippen LogP contribution >= 0.6 is 15.9 Å².